The number of nitrogens with one attached hydrogen (secondary N) is 1. The molecule has 1 heterocycles. The van der Waals surface area contributed by atoms with E-state index in [4.69, 9.17) is 0 Å². The Hall–Kier alpha value is -0.970. The summed E-state index contributed by atoms with van der Waals surface area (Å²) in [6.45, 7) is 3.67. The van der Waals surface area contributed by atoms with E-state index in [9.17, 15) is 4.79 Å². The van der Waals surface area contributed by atoms with Gasteiger partial charge in [-0.3, -0.25) is 4.79 Å². The first-order chi connectivity index (χ1) is 9.06. The fraction of sp³-hybridized carbons (Fsp3) is 0.643. The predicted octanol–water partition coefficient (Wildman–Crippen LogP) is 2.92. The zero-order valence-electron chi connectivity index (χ0n) is 11.5. The van der Waals surface area contributed by atoms with E-state index in [1.54, 1.807) is 0 Å². The van der Waals surface area contributed by atoms with Gasteiger partial charge in [-0.15, -0.1) is 0 Å². The van der Waals surface area contributed by atoms with Crippen molar-refractivity contribution >= 4 is 21.8 Å². The number of halogens is 1. The number of nitrogens with zero attached hydrogens (tertiary/aromatic N) is 2. The average Bonchev–Trinajstić information content (AvgIpc) is 2.42. The third kappa shape index (κ3) is 3.32. The van der Waals surface area contributed by atoms with Crippen molar-refractivity contribution in [3.05, 3.63) is 23.0 Å². The van der Waals surface area contributed by atoms with E-state index < -0.39 is 0 Å². The molecule has 0 aromatic carbocycles. The zero-order chi connectivity index (χ0) is 13.9. The van der Waals surface area contributed by atoms with Gasteiger partial charge in [0.15, 0.2) is 0 Å². The summed E-state index contributed by atoms with van der Waals surface area (Å²) in [5, 5.41) is 12.0. The Labute approximate surface area is 122 Å². The molecule has 1 saturated carbocycles. The minimum atomic E-state index is -0.0983. The Bertz CT molecular complexity index is 470. The van der Waals surface area contributed by atoms with Gasteiger partial charge in [0, 0.05) is 5.33 Å². The molecule has 1 amide bonds. The van der Waals surface area contributed by atoms with Crippen LogP contribution in [0.3, 0.4) is 0 Å². The molecule has 0 atom stereocenters. The number of carbonyl (C=O) groups is 1. The normalized spacial score (nSPS) is 18.1. The molecule has 1 aliphatic rings. The second kappa shape index (κ2) is 5.99. The number of amides is 1. The maximum absolute atomic E-state index is 12.5. The van der Waals surface area contributed by atoms with Crippen LogP contribution in [0.4, 0.5) is 0 Å². The molecule has 0 aliphatic heterocycles. The minimum absolute atomic E-state index is 0.0307. The molecule has 5 heteroatoms. The van der Waals surface area contributed by atoms with E-state index in [0.717, 1.165) is 23.9 Å². The average molecular weight is 326 g/mol. The molecule has 1 aromatic rings. The SMILES string of the molecule is Cc1cc(C(=O)NC2(CBr)CCCCC2)c(C)nn1. The van der Waals surface area contributed by atoms with Gasteiger partial charge < -0.3 is 5.32 Å². The lowest BCUT2D eigenvalue weighted by molar-refractivity contribution is 0.0885. The Balaban J connectivity index is 2.17. The van der Waals surface area contributed by atoms with Crippen LogP contribution in [0.15, 0.2) is 6.07 Å². The van der Waals surface area contributed by atoms with Crippen molar-refractivity contribution in [2.45, 2.75) is 51.5 Å². The molecule has 104 valence electrons. The summed E-state index contributed by atoms with van der Waals surface area (Å²) < 4.78 is 0. The van der Waals surface area contributed by atoms with Crippen molar-refractivity contribution in [3.8, 4) is 0 Å². The maximum atomic E-state index is 12.5. The Morgan fingerprint density at radius 3 is 2.63 bits per heavy atom. The van der Waals surface area contributed by atoms with E-state index >= 15 is 0 Å². The highest BCUT2D eigenvalue weighted by Gasteiger charge is 2.33. The van der Waals surface area contributed by atoms with E-state index in [0.29, 0.717) is 11.3 Å². The number of carbonyl (C=O) groups excluding carboxylic acids is 1. The van der Waals surface area contributed by atoms with Crippen molar-refractivity contribution in [2.24, 2.45) is 0 Å². The highest BCUT2D eigenvalue weighted by molar-refractivity contribution is 9.09. The maximum Gasteiger partial charge on any atom is 0.253 e. The van der Waals surface area contributed by atoms with Gasteiger partial charge in [-0.05, 0) is 32.8 Å². The predicted molar refractivity (Wildman–Crippen MR) is 78.6 cm³/mol. The second-order valence-corrected chi connectivity index (χ2v) is 5.97. The van der Waals surface area contributed by atoms with E-state index in [2.05, 4.69) is 31.4 Å². The Morgan fingerprint density at radius 1 is 1.32 bits per heavy atom. The lowest BCUT2D eigenvalue weighted by atomic mass is 9.83. The Kier molecular flexibility index (Phi) is 4.55. The molecule has 0 spiro atoms. The molecule has 1 aliphatic carbocycles. The second-order valence-electron chi connectivity index (χ2n) is 5.41. The van der Waals surface area contributed by atoms with E-state index in [1.807, 2.05) is 19.9 Å². The third-order valence-electron chi connectivity index (χ3n) is 3.79. The molecule has 0 bridgehead atoms. The first-order valence-electron chi connectivity index (χ1n) is 6.76. The van der Waals surface area contributed by atoms with Crippen LogP contribution < -0.4 is 5.32 Å². The van der Waals surface area contributed by atoms with E-state index in [1.165, 1.54) is 19.3 Å². The number of hydrogen-bond donors (Lipinski definition) is 1. The summed E-state index contributed by atoms with van der Waals surface area (Å²) in [4.78, 5) is 12.5. The zero-order valence-corrected chi connectivity index (χ0v) is 13.1. The van der Waals surface area contributed by atoms with Crippen LogP contribution in [-0.4, -0.2) is 27.0 Å². The molecule has 4 nitrogen and oxygen atoms in total. The van der Waals surface area contributed by atoms with Crippen LogP contribution in [0.5, 0.6) is 0 Å². The molecule has 2 rings (SSSR count). The summed E-state index contributed by atoms with van der Waals surface area (Å²) in [6.07, 6.45) is 5.71. The van der Waals surface area contributed by atoms with Gasteiger partial charge in [-0.1, -0.05) is 35.2 Å². The first kappa shape index (κ1) is 14.4. The highest BCUT2D eigenvalue weighted by Crippen LogP contribution is 2.30. The van der Waals surface area contributed by atoms with Gasteiger partial charge in [0.2, 0.25) is 0 Å². The molecule has 19 heavy (non-hydrogen) atoms. The first-order valence-corrected chi connectivity index (χ1v) is 7.88. The van der Waals surface area contributed by atoms with Crippen LogP contribution in [0.2, 0.25) is 0 Å². The van der Waals surface area contributed by atoms with Gasteiger partial charge in [0.05, 0.1) is 22.5 Å². The van der Waals surface area contributed by atoms with Crippen molar-refractivity contribution < 1.29 is 4.79 Å². The summed E-state index contributed by atoms with van der Waals surface area (Å²) >= 11 is 3.56. The minimum Gasteiger partial charge on any atom is -0.346 e. The molecule has 1 aromatic heterocycles. The number of hydrogen-bond acceptors (Lipinski definition) is 3. The standard InChI is InChI=1S/C14H20BrN3O/c1-10-8-12(11(2)18-17-10)13(19)16-14(9-15)6-4-3-5-7-14/h8H,3-7,9H2,1-2H3,(H,16,19). The molecule has 0 radical (unpaired) electrons. The number of aryl methyl sites for hydroxylation is 2. The number of aromatic nitrogens is 2. The lowest BCUT2D eigenvalue weighted by Gasteiger charge is -2.36. The fourth-order valence-electron chi connectivity index (χ4n) is 2.61. The summed E-state index contributed by atoms with van der Waals surface area (Å²) in [7, 11) is 0. The van der Waals surface area contributed by atoms with Crippen molar-refractivity contribution in [1.29, 1.82) is 0 Å². The fourth-order valence-corrected chi connectivity index (χ4v) is 3.31. The molecule has 1 fully saturated rings. The van der Waals surface area contributed by atoms with Crippen molar-refractivity contribution in [3.63, 3.8) is 0 Å². The van der Waals surface area contributed by atoms with Crippen LogP contribution >= 0.6 is 15.9 Å². The van der Waals surface area contributed by atoms with Crippen LogP contribution in [-0.2, 0) is 0 Å². The van der Waals surface area contributed by atoms with Crippen LogP contribution in [0.1, 0.15) is 53.8 Å². The molecule has 1 N–H and O–H groups in total. The van der Waals surface area contributed by atoms with Crippen molar-refractivity contribution in [1.82, 2.24) is 15.5 Å². The van der Waals surface area contributed by atoms with Crippen molar-refractivity contribution in [2.75, 3.05) is 5.33 Å². The van der Waals surface area contributed by atoms with Gasteiger partial charge in [0.1, 0.15) is 0 Å². The quantitative estimate of drug-likeness (QED) is 0.869. The Morgan fingerprint density at radius 2 is 2.00 bits per heavy atom. The third-order valence-corrected chi connectivity index (χ3v) is 4.86. The van der Waals surface area contributed by atoms with Gasteiger partial charge in [-0.2, -0.15) is 10.2 Å². The summed E-state index contributed by atoms with van der Waals surface area (Å²) in [6, 6.07) is 1.81. The number of alkyl halides is 1. The lowest BCUT2D eigenvalue weighted by Crippen LogP contribution is -2.51. The summed E-state index contributed by atoms with van der Waals surface area (Å²) in [5.41, 5.74) is 1.99. The van der Waals surface area contributed by atoms with Crippen LogP contribution in [0.25, 0.3) is 0 Å². The largest absolute Gasteiger partial charge is 0.346 e. The van der Waals surface area contributed by atoms with E-state index in [-0.39, 0.29) is 11.4 Å². The van der Waals surface area contributed by atoms with Gasteiger partial charge in [-0.25, -0.2) is 0 Å². The van der Waals surface area contributed by atoms with Crippen LogP contribution in [0, 0.1) is 13.8 Å². The summed E-state index contributed by atoms with van der Waals surface area (Å²) in [5.74, 6) is -0.0307. The molecule has 0 saturated heterocycles. The van der Waals surface area contributed by atoms with Gasteiger partial charge >= 0.3 is 0 Å². The smallest absolute Gasteiger partial charge is 0.253 e. The van der Waals surface area contributed by atoms with Gasteiger partial charge in [0.25, 0.3) is 5.91 Å². The topological polar surface area (TPSA) is 54.9 Å². The molecule has 0 unspecified atom stereocenters. The highest BCUT2D eigenvalue weighted by atomic mass is 79.9. The molecular weight excluding hydrogens is 306 g/mol. The molecular formula is C14H20BrN3O. The monoisotopic (exact) mass is 325 g/mol. The number of rotatable bonds is 3.